The Bertz CT molecular complexity index is 476. The lowest BCUT2D eigenvalue weighted by molar-refractivity contribution is -0.384. The van der Waals surface area contributed by atoms with Crippen LogP contribution in [0.5, 0.6) is 5.75 Å². The number of benzene rings is 1. The molecular weight excluding hydrogens is 256 g/mol. The predicted molar refractivity (Wildman–Crippen MR) is 79.3 cm³/mol. The molecule has 1 saturated carbocycles. The number of hydrogen-bond donors (Lipinski definition) is 1. The number of nitro groups is 1. The van der Waals surface area contributed by atoms with Crippen LogP contribution < -0.4 is 10.1 Å². The number of hydrogen-bond acceptors (Lipinski definition) is 4. The fraction of sp³-hybridized carbons (Fsp3) is 0.600. The lowest BCUT2D eigenvalue weighted by Gasteiger charge is -2.24. The molecule has 0 amide bonds. The Balaban J connectivity index is 2.18. The SMILES string of the molecule is COc1cc(NC2CCCCCC2C)cc([N+](=O)[O-])c1. The van der Waals surface area contributed by atoms with Gasteiger partial charge in [-0.15, -0.1) is 0 Å². The average Bonchev–Trinajstić information content (AvgIpc) is 2.64. The summed E-state index contributed by atoms with van der Waals surface area (Å²) in [6, 6.07) is 5.23. The van der Waals surface area contributed by atoms with Crippen LogP contribution in [-0.4, -0.2) is 18.1 Å². The maximum Gasteiger partial charge on any atom is 0.275 e. The lowest BCUT2D eigenvalue weighted by Crippen LogP contribution is -2.26. The van der Waals surface area contributed by atoms with Gasteiger partial charge in [0.1, 0.15) is 5.75 Å². The van der Waals surface area contributed by atoms with Crippen LogP contribution in [0.4, 0.5) is 11.4 Å². The van der Waals surface area contributed by atoms with E-state index in [1.165, 1.54) is 38.9 Å². The highest BCUT2D eigenvalue weighted by Gasteiger charge is 2.20. The van der Waals surface area contributed by atoms with Crippen LogP contribution in [-0.2, 0) is 0 Å². The van der Waals surface area contributed by atoms with Gasteiger partial charge in [-0.1, -0.05) is 26.2 Å². The van der Waals surface area contributed by atoms with Crippen molar-refractivity contribution in [1.29, 1.82) is 0 Å². The molecule has 0 saturated heterocycles. The number of non-ortho nitro benzene ring substituents is 1. The molecule has 0 bridgehead atoms. The molecule has 1 aromatic carbocycles. The predicted octanol–water partition coefficient (Wildman–Crippen LogP) is 3.98. The van der Waals surface area contributed by atoms with Gasteiger partial charge in [0.25, 0.3) is 5.69 Å². The summed E-state index contributed by atoms with van der Waals surface area (Å²) in [7, 11) is 1.52. The summed E-state index contributed by atoms with van der Waals surface area (Å²) in [4.78, 5) is 10.6. The third-order valence-electron chi connectivity index (χ3n) is 4.05. The fourth-order valence-corrected chi connectivity index (χ4v) is 2.81. The molecule has 1 aromatic rings. The van der Waals surface area contributed by atoms with Gasteiger partial charge in [0.05, 0.1) is 18.1 Å². The van der Waals surface area contributed by atoms with Crippen LogP contribution >= 0.6 is 0 Å². The Hall–Kier alpha value is -1.78. The van der Waals surface area contributed by atoms with Crippen molar-refractivity contribution >= 4 is 11.4 Å². The lowest BCUT2D eigenvalue weighted by atomic mass is 9.96. The smallest absolute Gasteiger partial charge is 0.275 e. The fourth-order valence-electron chi connectivity index (χ4n) is 2.81. The maximum atomic E-state index is 11.0. The molecule has 5 heteroatoms. The molecule has 2 rings (SSSR count). The molecule has 1 fully saturated rings. The quantitative estimate of drug-likeness (QED) is 0.514. The summed E-state index contributed by atoms with van der Waals surface area (Å²) in [6.07, 6.45) is 6.10. The van der Waals surface area contributed by atoms with Gasteiger partial charge in [0.15, 0.2) is 0 Å². The summed E-state index contributed by atoms with van der Waals surface area (Å²) in [5.74, 6) is 1.10. The first-order chi connectivity index (χ1) is 9.60. The van der Waals surface area contributed by atoms with Gasteiger partial charge in [0.2, 0.25) is 0 Å². The van der Waals surface area contributed by atoms with Crippen LogP contribution in [0.3, 0.4) is 0 Å². The van der Waals surface area contributed by atoms with Crippen molar-refractivity contribution in [1.82, 2.24) is 0 Å². The summed E-state index contributed by atoms with van der Waals surface area (Å²) < 4.78 is 5.14. The normalized spacial score (nSPS) is 22.9. The van der Waals surface area contributed by atoms with Crippen LogP contribution in [0.15, 0.2) is 18.2 Å². The molecule has 0 aromatic heterocycles. The minimum absolute atomic E-state index is 0.0631. The molecular formula is C15H22N2O3. The molecule has 1 aliphatic rings. The zero-order valence-electron chi connectivity index (χ0n) is 12.1. The summed E-state index contributed by atoms with van der Waals surface area (Å²) >= 11 is 0. The van der Waals surface area contributed by atoms with Gasteiger partial charge >= 0.3 is 0 Å². The highest BCUT2D eigenvalue weighted by Crippen LogP contribution is 2.30. The Morgan fingerprint density at radius 2 is 2.00 bits per heavy atom. The van der Waals surface area contributed by atoms with Crippen LogP contribution in [0, 0.1) is 16.0 Å². The monoisotopic (exact) mass is 278 g/mol. The van der Waals surface area contributed by atoms with Gasteiger partial charge in [-0.25, -0.2) is 0 Å². The summed E-state index contributed by atoms with van der Waals surface area (Å²) in [6.45, 7) is 2.25. The van der Waals surface area contributed by atoms with E-state index < -0.39 is 0 Å². The zero-order chi connectivity index (χ0) is 14.5. The molecule has 0 spiro atoms. The van der Waals surface area contributed by atoms with Crippen molar-refractivity contribution in [3.63, 3.8) is 0 Å². The van der Waals surface area contributed by atoms with Crippen molar-refractivity contribution in [3.05, 3.63) is 28.3 Å². The van der Waals surface area contributed by atoms with E-state index in [0.29, 0.717) is 17.7 Å². The molecule has 0 radical (unpaired) electrons. The van der Waals surface area contributed by atoms with Crippen molar-refractivity contribution in [3.8, 4) is 5.75 Å². The van der Waals surface area contributed by atoms with Crippen molar-refractivity contribution < 1.29 is 9.66 Å². The largest absolute Gasteiger partial charge is 0.496 e. The number of nitrogens with one attached hydrogen (secondary N) is 1. The number of nitrogens with zero attached hydrogens (tertiary/aromatic N) is 1. The van der Waals surface area contributed by atoms with Gasteiger partial charge in [-0.05, 0) is 18.8 Å². The first kappa shape index (κ1) is 14.6. The minimum atomic E-state index is -0.385. The van der Waals surface area contributed by atoms with Crippen LogP contribution in [0.2, 0.25) is 0 Å². The van der Waals surface area contributed by atoms with E-state index in [0.717, 1.165) is 12.1 Å². The Labute approximate surface area is 119 Å². The topological polar surface area (TPSA) is 64.4 Å². The van der Waals surface area contributed by atoms with Crippen molar-refractivity contribution in [2.24, 2.45) is 5.92 Å². The number of nitro benzene ring substituents is 1. The second kappa shape index (κ2) is 6.59. The van der Waals surface area contributed by atoms with Gasteiger partial charge < -0.3 is 10.1 Å². The summed E-state index contributed by atoms with van der Waals surface area (Å²) in [5, 5.41) is 14.4. The second-order valence-electron chi connectivity index (χ2n) is 5.54. The van der Waals surface area contributed by atoms with Gasteiger partial charge in [-0.2, -0.15) is 0 Å². The third kappa shape index (κ3) is 3.62. The maximum absolute atomic E-state index is 11.0. The molecule has 5 nitrogen and oxygen atoms in total. The molecule has 0 heterocycles. The van der Waals surface area contributed by atoms with Crippen LogP contribution in [0.25, 0.3) is 0 Å². The highest BCUT2D eigenvalue weighted by atomic mass is 16.6. The van der Waals surface area contributed by atoms with E-state index >= 15 is 0 Å². The van der Waals surface area contributed by atoms with E-state index in [9.17, 15) is 10.1 Å². The standard InChI is InChI=1S/C15H22N2O3/c1-11-6-4-3-5-7-15(11)16-12-8-13(17(18)19)10-14(9-12)20-2/h8-11,15-16H,3-7H2,1-2H3. The molecule has 2 unspecified atom stereocenters. The molecule has 110 valence electrons. The molecule has 0 aliphatic heterocycles. The number of ether oxygens (including phenoxy) is 1. The third-order valence-corrected chi connectivity index (χ3v) is 4.05. The Kier molecular flexibility index (Phi) is 4.82. The molecule has 1 aliphatic carbocycles. The van der Waals surface area contributed by atoms with E-state index in [4.69, 9.17) is 4.74 Å². The number of methoxy groups -OCH3 is 1. The average molecular weight is 278 g/mol. The highest BCUT2D eigenvalue weighted by molar-refractivity contribution is 5.56. The minimum Gasteiger partial charge on any atom is -0.496 e. The molecule has 1 N–H and O–H groups in total. The van der Waals surface area contributed by atoms with E-state index in [2.05, 4.69) is 12.2 Å². The zero-order valence-corrected chi connectivity index (χ0v) is 12.1. The Morgan fingerprint density at radius 3 is 2.70 bits per heavy atom. The molecule has 20 heavy (non-hydrogen) atoms. The number of rotatable bonds is 4. The molecule has 2 atom stereocenters. The van der Waals surface area contributed by atoms with E-state index in [1.807, 2.05) is 6.07 Å². The summed E-state index contributed by atoms with van der Waals surface area (Å²) in [5.41, 5.74) is 0.836. The van der Waals surface area contributed by atoms with E-state index in [-0.39, 0.29) is 10.6 Å². The van der Waals surface area contributed by atoms with Gasteiger partial charge in [-0.3, -0.25) is 10.1 Å². The first-order valence-electron chi connectivity index (χ1n) is 7.20. The number of anilines is 1. The second-order valence-corrected chi connectivity index (χ2v) is 5.54. The Morgan fingerprint density at radius 1 is 1.25 bits per heavy atom. The van der Waals surface area contributed by atoms with Gasteiger partial charge in [0, 0.05) is 23.9 Å². The van der Waals surface area contributed by atoms with E-state index in [1.54, 1.807) is 6.07 Å². The van der Waals surface area contributed by atoms with Crippen molar-refractivity contribution in [2.75, 3.05) is 12.4 Å². The first-order valence-corrected chi connectivity index (χ1v) is 7.20. The van der Waals surface area contributed by atoms with Crippen LogP contribution in [0.1, 0.15) is 39.0 Å². The van der Waals surface area contributed by atoms with Crippen molar-refractivity contribution in [2.45, 2.75) is 45.1 Å².